The number of benzene rings is 2. The molecule has 1 amide bonds. The molecule has 0 saturated carbocycles. The van der Waals surface area contributed by atoms with Gasteiger partial charge in [-0.05, 0) is 50.6 Å². The summed E-state index contributed by atoms with van der Waals surface area (Å²) in [5.41, 5.74) is 1.87. The van der Waals surface area contributed by atoms with Crippen LogP contribution in [0.2, 0.25) is 0 Å². The monoisotopic (exact) mass is 526 g/mol. The van der Waals surface area contributed by atoms with Crippen LogP contribution in [0.15, 0.2) is 59.1 Å². The van der Waals surface area contributed by atoms with E-state index in [-0.39, 0.29) is 13.0 Å². The predicted molar refractivity (Wildman–Crippen MR) is 133 cm³/mol. The highest BCUT2D eigenvalue weighted by molar-refractivity contribution is 9.10. The minimum Gasteiger partial charge on any atom is -0.472 e. The highest BCUT2D eigenvalue weighted by Crippen LogP contribution is 2.35. The molecular weight excluding hydrogens is 500 g/mol. The van der Waals surface area contributed by atoms with E-state index in [1.54, 1.807) is 20.8 Å². The van der Waals surface area contributed by atoms with Gasteiger partial charge in [-0.15, -0.1) is 0 Å². The van der Waals surface area contributed by atoms with Gasteiger partial charge in [0.2, 0.25) is 5.88 Å². The van der Waals surface area contributed by atoms with Crippen molar-refractivity contribution >= 4 is 38.9 Å². The Morgan fingerprint density at radius 3 is 2.56 bits per heavy atom. The molecule has 4 rings (SSSR count). The van der Waals surface area contributed by atoms with Crippen molar-refractivity contribution < 1.29 is 23.8 Å². The average molecular weight is 527 g/mol. The van der Waals surface area contributed by atoms with Gasteiger partial charge in [-0.25, -0.2) is 14.6 Å². The van der Waals surface area contributed by atoms with Gasteiger partial charge < -0.3 is 14.2 Å². The zero-order valence-corrected chi connectivity index (χ0v) is 21.2. The Balaban J connectivity index is 1.68. The van der Waals surface area contributed by atoms with E-state index >= 15 is 0 Å². The van der Waals surface area contributed by atoms with Crippen molar-refractivity contribution in [2.75, 3.05) is 13.7 Å². The summed E-state index contributed by atoms with van der Waals surface area (Å²) in [5, 5.41) is 0.985. The van der Waals surface area contributed by atoms with Crippen molar-refractivity contribution in [2.45, 2.75) is 44.9 Å². The van der Waals surface area contributed by atoms with Crippen molar-refractivity contribution in [2.24, 2.45) is 0 Å². The Morgan fingerprint density at radius 1 is 1.09 bits per heavy atom. The van der Waals surface area contributed by atoms with E-state index in [1.165, 1.54) is 12.0 Å². The van der Waals surface area contributed by atoms with Gasteiger partial charge >= 0.3 is 12.1 Å². The predicted octanol–water partition coefficient (Wildman–Crippen LogP) is 5.59. The van der Waals surface area contributed by atoms with Crippen LogP contribution in [-0.2, 0) is 14.3 Å². The lowest BCUT2D eigenvalue weighted by Gasteiger charge is -2.27. The molecule has 2 aromatic carbocycles. The van der Waals surface area contributed by atoms with Gasteiger partial charge in [0, 0.05) is 21.8 Å². The maximum absolute atomic E-state index is 12.8. The molecule has 7 nitrogen and oxygen atoms in total. The number of rotatable bonds is 4. The first-order valence-electron chi connectivity index (χ1n) is 11.0. The van der Waals surface area contributed by atoms with E-state index in [9.17, 15) is 9.59 Å². The summed E-state index contributed by atoms with van der Waals surface area (Å²) in [5.74, 6) is -0.0629. The van der Waals surface area contributed by atoms with Crippen LogP contribution in [0.3, 0.4) is 0 Å². The number of esters is 1. The summed E-state index contributed by atoms with van der Waals surface area (Å²) < 4.78 is 17.8. The first-order chi connectivity index (χ1) is 16.1. The number of para-hydroxylation sites is 1. The smallest absolute Gasteiger partial charge is 0.411 e. The third-order valence-corrected chi connectivity index (χ3v) is 5.96. The van der Waals surface area contributed by atoms with E-state index in [4.69, 9.17) is 19.2 Å². The van der Waals surface area contributed by atoms with Crippen LogP contribution < -0.4 is 4.74 Å². The summed E-state index contributed by atoms with van der Waals surface area (Å²) in [7, 11) is 1.31. The van der Waals surface area contributed by atoms with Gasteiger partial charge in [0.15, 0.2) is 0 Å². The molecule has 0 N–H and O–H groups in total. The molecule has 1 fully saturated rings. The molecule has 2 atom stereocenters. The van der Waals surface area contributed by atoms with E-state index in [0.717, 1.165) is 26.5 Å². The molecule has 0 aliphatic carbocycles. The number of pyridine rings is 1. The molecule has 3 aromatic rings. The summed E-state index contributed by atoms with van der Waals surface area (Å²) in [4.78, 5) is 31.4. The van der Waals surface area contributed by atoms with Crippen molar-refractivity contribution in [3.05, 3.63) is 59.1 Å². The number of hydrogen-bond donors (Lipinski definition) is 0. The number of carbonyl (C=O) groups excluding carboxylic acids is 2. The SMILES string of the molecule is COC(=O)C1CC(Oc2nc3ccccc3cc2-c2cccc(Br)c2)CN1C(=O)OC(C)(C)C. The number of aromatic nitrogens is 1. The number of methoxy groups -OCH3 is 1. The van der Waals surface area contributed by atoms with E-state index in [2.05, 4.69) is 15.9 Å². The molecule has 0 bridgehead atoms. The molecule has 1 aliphatic rings. The van der Waals surface area contributed by atoms with Gasteiger partial charge in [-0.2, -0.15) is 0 Å². The van der Waals surface area contributed by atoms with Crippen LogP contribution in [0, 0.1) is 0 Å². The third-order valence-electron chi connectivity index (χ3n) is 5.47. The van der Waals surface area contributed by atoms with E-state index < -0.39 is 29.8 Å². The number of fused-ring (bicyclic) bond motifs is 1. The molecule has 0 radical (unpaired) electrons. The van der Waals surface area contributed by atoms with Gasteiger partial charge in [-0.3, -0.25) is 4.90 Å². The van der Waals surface area contributed by atoms with Crippen LogP contribution in [0.4, 0.5) is 4.79 Å². The molecule has 1 aliphatic heterocycles. The number of likely N-dealkylation sites (tertiary alicyclic amines) is 1. The lowest BCUT2D eigenvalue weighted by molar-refractivity contribution is -0.145. The topological polar surface area (TPSA) is 78.0 Å². The zero-order chi connectivity index (χ0) is 24.5. The maximum atomic E-state index is 12.8. The molecule has 2 heterocycles. The Hall–Kier alpha value is -3.13. The van der Waals surface area contributed by atoms with Crippen molar-refractivity contribution in [3.8, 4) is 17.0 Å². The van der Waals surface area contributed by atoms with Crippen molar-refractivity contribution in [1.82, 2.24) is 9.88 Å². The minimum absolute atomic E-state index is 0.182. The first kappa shape index (κ1) is 24.0. The Kier molecular flexibility index (Phi) is 6.79. The fraction of sp³-hybridized carbons (Fsp3) is 0.346. The molecule has 178 valence electrons. The number of nitrogens with zero attached hydrogens (tertiary/aromatic N) is 2. The normalized spacial score (nSPS) is 18.1. The van der Waals surface area contributed by atoms with Crippen LogP contribution >= 0.6 is 15.9 Å². The zero-order valence-electron chi connectivity index (χ0n) is 19.6. The second-order valence-electron chi connectivity index (χ2n) is 9.19. The quantitative estimate of drug-likeness (QED) is 0.412. The fourth-order valence-electron chi connectivity index (χ4n) is 3.97. The summed E-state index contributed by atoms with van der Waals surface area (Å²) in [6.45, 7) is 5.53. The molecule has 34 heavy (non-hydrogen) atoms. The number of halogens is 1. The van der Waals surface area contributed by atoms with Gasteiger partial charge in [0.05, 0.1) is 19.2 Å². The van der Waals surface area contributed by atoms with Gasteiger partial charge in [0.25, 0.3) is 0 Å². The van der Waals surface area contributed by atoms with Crippen LogP contribution in [0.25, 0.3) is 22.0 Å². The van der Waals surface area contributed by atoms with Gasteiger partial charge in [-0.1, -0.05) is 46.3 Å². The van der Waals surface area contributed by atoms with E-state index in [0.29, 0.717) is 5.88 Å². The molecule has 1 saturated heterocycles. The molecule has 0 spiro atoms. The fourth-order valence-corrected chi connectivity index (χ4v) is 4.37. The van der Waals surface area contributed by atoms with Crippen LogP contribution in [-0.4, -0.2) is 53.3 Å². The van der Waals surface area contributed by atoms with Crippen molar-refractivity contribution in [3.63, 3.8) is 0 Å². The number of hydrogen-bond acceptors (Lipinski definition) is 6. The summed E-state index contributed by atoms with van der Waals surface area (Å²) in [6.07, 6.45) is -0.762. The standard InChI is InChI=1S/C26H27BrN2O5/c1-26(2,3)34-25(31)29-15-19(14-22(29)24(30)32-4)33-23-20(16-9-7-10-18(27)12-16)13-17-8-5-6-11-21(17)28-23/h5-13,19,22H,14-15H2,1-4H3. The highest BCUT2D eigenvalue weighted by Gasteiger charge is 2.43. The first-order valence-corrected chi connectivity index (χ1v) is 11.8. The average Bonchev–Trinajstić information content (AvgIpc) is 3.21. The highest BCUT2D eigenvalue weighted by atomic mass is 79.9. The number of carbonyl (C=O) groups is 2. The molecule has 2 unspecified atom stereocenters. The summed E-state index contributed by atoms with van der Waals surface area (Å²) in [6, 6.07) is 16.9. The molecular formula is C26H27BrN2O5. The third kappa shape index (κ3) is 5.33. The Morgan fingerprint density at radius 2 is 1.85 bits per heavy atom. The lowest BCUT2D eigenvalue weighted by Crippen LogP contribution is -2.44. The number of amides is 1. The Labute approximate surface area is 207 Å². The largest absolute Gasteiger partial charge is 0.472 e. The van der Waals surface area contributed by atoms with Crippen molar-refractivity contribution in [1.29, 1.82) is 0 Å². The van der Waals surface area contributed by atoms with Crippen LogP contribution in [0.5, 0.6) is 5.88 Å². The summed E-state index contributed by atoms with van der Waals surface area (Å²) >= 11 is 3.53. The second-order valence-corrected chi connectivity index (χ2v) is 10.1. The van der Waals surface area contributed by atoms with Gasteiger partial charge in [0.1, 0.15) is 17.7 Å². The maximum Gasteiger partial charge on any atom is 0.411 e. The Bertz CT molecular complexity index is 1220. The molecule has 1 aromatic heterocycles. The lowest BCUT2D eigenvalue weighted by atomic mass is 10.0. The minimum atomic E-state index is -0.792. The molecule has 8 heteroatoms. The second kappa shape index (κ2) is 9.62. The van der Waals surface area contributed by atoms with Crippen LogP contribution in [0.1, 0.15) is 27.2 Å². The van der Waals surface area contributed by atoms with E-state index in [1.807, 2.05) is 54.6 Å². The number of ether oxygens (including phenoxy) is 3.